The van der Waals surface area contributed by atoms with Crippen molar-refractivity contribution in [2.24, 2.45) is 0 Å². The van der Waals surface area contributed by atoms with Crippen LogP contribution in [0, 0.1) is 0 Å². The highest BCUT2D eigenvalue weighted by atomic mass is 79.9. The van der Waals surface area contributed by atoms with Gasteiger partial charge in [0.25, 0.3) is 5.91 Å². The van der Waals surface area contributed by atoms with E-state index in [4.69, 9.17) is 28.3 Å². The van der Waals surface area contributed by atoms with Crippen molar-refractivity contribution in [3.63, 3.8) is 0 Å². The Morgan fingerprint density at radius 1 is 1.12 bits per heavy atom. The van der Waals surface area contributed by atoms with Gasteiger partial charge in [-0.1, -0.05) is 29.6 Å². The Morgan fingerprint density at radius 2 is 1.94 bits per heavy atom. The topological polar surface area (TPSA) is 50.2 Å². The summed E-state index contributed by atoms with van der Waals surface area (Å²) in [5.41, 5.74) is 8.46. The molecule has 0 bridgehead atoms. The highest BCUT2D eigenvalue weighted by molar-refractivity contribution is 9.10. The summed E-state index contributed by atoms with van der Waals surface area (Å²) in [6, 6.07) is 5.37. The van der Waals surface area contributed by atoms with Gasteiger partial charge in [0.15, 0.2) is 5.69 Å². The SMILES string of the molecule is O=C(NN1CCCCC1)c1nn(-c2ccc(Cl)cc2Cl)c2c1CCC/C2=C\c1cscc1Br. The Kier molecular flexibility index (Phi) is 6.95. The summed E-state index contributed by atoms with van der Waals surface area (Å²) in [7, 11) is 0. The summed E-state index contributed by atoms with van der Waals surface area (Å²) in [6.45, 7) is 1.74. The summed E-state index contributed by atoms with van der Waals surface area (Å²) in [6.07, 6.45) is 8.24. The Bertz CT molecular complexity index is 1230. The van der Waals surface area contributed by atoms with Crippen LogP contribution in [-0.2, 0) is 6.42 Å². The van der Waals surface area contributed by atoms with Gasteiger partial charge in [-0.25, -0.2) is 9.69 Å². The number of hydrogen-bond donors (Lipinski definition) is 1. The van der Waals surface area contributed by atoms with Crippen molar-refractivity contribution >= 4 is 68.0 Å². The average molecular weight is 566 g/mol. The number of allylic oxidation sites excluding steroid dienone is 1. The highest BCUT2D eigenvalue weighted by Gasteiger charge is 2.30. The number of nitrogens with zero attached hydrogens (tertiary/aromatic N) is 3. The molecule has 1 aliphatic heterocycles. The molecule has 2 aliphatic rings. The first-order valence-corrected chi connectivity index (χ1v) is 13.6. The van der Waals surface area contributed by atoms with E-state index in [1.165, 1.54) is 6.42 Å². The van der Waals surface area contributed by atoms with E-state index in [1.807, 2.05) is 15.8 Å². The summed E-state index contributed by atoms with van der Waals surface area (Å²) in [5, 5.41) is 12.1. The van der Waals surface area contributed by atoms with Crippen LogP contribution >= 0.6 is 50.5 Å². The van der Waals surface area contributed by atoms with Gasteiger partial charge in [-0.15, -0.1) is 0 Å². The molecule has 2 aromatic heterocycles. The first-order valence-electron chi connectivity index (χ1n) is 11.1. The lowest BCUT2D eigenvalue weighted by atomic mass is 9.90. The van der Waals surface area contributed by atoms with Crippen LogP contribution in [0.3, 0.4) is 0 Å². The molecule has 3 heterocycles. The molecule has 1 fully saturated rings. The number of benzene rings is 1. The minimum atomic E-state index is -0.157. The lowest BCUT2D eigenvalue weighted by molar-refractivity contribution is 0.0743. The van der Waals surface area contributed by atoms with Gasteiger partial charge >= 0.3 is 0 Å². The van der Waals surface area contributed by atoms with Crippen LogP contribution in [0.1, 0.15) is 59.4 Å². The van der Waals surface area contributed by atoms with Crippen LogP contribution < -0.4 is 5.43 Å². The number of thiophene rings is 1. The van der Waals surface area contributed by atoms with Crippen LogP contribution in [0.25, 0.3) is 17.3 Å². The van der Waals surface area contributed by atoms with Gasteiger partial charge in [0.2, 0.25) is 0 Å². The average Bonchev–Trinajstić information content (AvgIpc) is 3.39. The third kappa shape index (κ3) is 4.80. The van der Waals surface area contributed by atoms with E-state index < -0.39 is 0 Å². The Labute approximate surface area is 215 Å². The molecule has 0 unspecified atom stereocenters. The third-order valence-electron chi connectivity index (χ3n) is 6.10. The Morgan fingerprint density at radius 3 is 2.67 bits per heavy atom. The van der Waals surface area contributed by atoms with E-state index in [9.17, 15) is 4.79 Å². The summed E-state index contributed by atoms with van der Waals surface area (Å²) in [4.78, 5) is 13.3. The zero-order valence-electron chi connectivity index (χ0n) is 17.9. The molecule has 1 saturated heterocycles. The van der Waals surface area contributed by atoms with Gasteiger partial charge in [-0.3, -0.25) is 10.2 Å². The quantitative estimate of drug-likeness (QED) is 0.370. The Balaban J connectivity index is 1.62. The molecule has 5 rings (SSSR count). The number of piperidine rings is 1. The molecule has 5 nitrogen and oxygen atoms in total. The molecule has 1 N–H and O–H groups in total. The number of rotatable bonds is 4. The van der Waals surface area contributed by atoms with Crippen molar-refractivity contribution in [3.8, 4) is 5.69 Å². The molecule has 9 heteroatoms. The van der Waals surface area contributed by atoms with Gasteiger partial charge < -0.3 is 0 Å². The maximum atomic E-state index is 13.3. The lowest BCUT2D eigenvalue weighted by Gasteiger charge is -2.26. The predicted octanol–water partition coefficient (Wildman–Crippen LogP) is 7.01. The largest absolute Gasteiger partial charge is 0.286 e. The van der Waals surface area contributed by atoms with Gasteiger partial charge in [0, 0.05) is 33.5 Å². The normalized spacial score (nSPS) is 17.8. The standard InChI is InChI=1S/C24H23BrCl2N4OS/c25-19-14-33-13-16(19)11-15-5-4-6-18-22(24(32)29-30-9-2-1-3-10-30)28-31(23(15)18)21-8-7-17(26)12-20(21)27/h7-8,11-14H,1-6,9-10H2,(H,29,32)/b15-11+. The summed E-state index contributed by atoms with van der Waals surface area (Å²) < 4.78 is 2.88. The molecule has 3 aromatic rings. The van der Waals surface area contributed by atoms with Gasteiger partial charge in [-0.05, 0) is 88.8 Å². The fourth-order valence-electron chi connectivity index (χ4n) is 4.53. The summed E-state index contributed by atoms with van der Waals surface area (Å²) >= 11 is 18.0. The van der Waals surface area contributed by atoms with E-state index in [0.717, 1.165) is 72.1 Å². The second-order valence-corrected chi connectivity index (χ2v) is 10.8. The maximum absolute atomic E-state index is 13.3. The van der Waals surface area contributed by atoms with Crippen molar-refractivity contribution in [2.45, 2.75) is 38.5 Å². The van der Waals surface area contributed by atoms with Gasteiger partial charge in [0.05, 0.1) is 16.4 Å². The van der Waals surface area contributed by atoms with Crippen LogP contribution in [0.15, 0.2) is 33.4 Å². The second-order valence-electron chi connectivity index (χ2n) is 8.37. The molecule has 33 heavy (non-hydrogen) atoms. The van der Waals surface area contributed by atoms with Crippen LogP contribution in [0.5, 0.6) is 0 Å². The van der Waals surface area contributed by atoms with Crippen LogP contribution in [-0.4, -0.2) is 33.8 Å². The first kappa shape index (κ1) is 23.1. The fraction of sp³-hybridized carbons (Fsp3) is 0.333. The number of fused-ring (bicyclic) bond motifs is 1. The molecule has 172 valence electrons. The molecular weight excluding hydrogens is 543 g/mol. The van der Waals surface area contributed by atoms with Crippen molar-refractivity contribution in [1.82, 2.24) is 20.2 Å². The smallest absolute Gasteiger partial charge is 0.283 e. The zero-order valence-corrected chi connectivity index (χ0v) is 21.8. The van der Waals surface area contributed by atoms with Crippen molar-refractivity contribution in [2.75, 3.05) is 13.1 Å². The highest BCUT2D eigenvalue weighted by Crippen LogP contribution is 2.38. The lowest BCUT2D eigenvalue weighted by Crippen LogP contribution is -2.45. The van der Waals surface area contributed by atoms with Crippen LogP contribution in [0.2, 0.25) is 10.0 Å². The van der Waals surface area contributed by atoms with Crippen LogP contribution in [0.4, 0.5) is 0 Å². The van der Waals surface area contributed by atoms with E-state index in [0.29, 0.717) is 21.4 Å². The number of nitrogens with one attached hydrogen (secondary N) is 1. The molecule has 1 aromatic carbocycles. The fourth-order valence-corrected chi connectivity index (χ4v) is 6.38. The van der Waals surface area contributed by atoms with E-state index in [2.05, 4.69) is 38.2 Å². The molecule has 1 amide bonds. The van der Waals surface area contributed by atoms with Crippen molar-refractivity contribution < 1.29 is 4.79 Å². The first-order chi connectivity index (χ1) is 16.0. The molecule has 0 radical (unpaired) electrons. The van der Waals surface area contributed by atoms with E-state index in [-0.39, 0.29) is 5.91 Å². The minimum Gasteiger partial charge on any atom is -0.283 e. The van der Waals surface area contributed by atoms with Crippen molar-refractivity contribution in [1.29, 1.82) is 0 Å². The monoisotopic (exact) mass is 564 g/mol. The number of amides is 1. The predicted molar refractivity (Wildman–Crippen MR) is 139 cm³/mol. The number of aromatic nitrogens is 2. The number of halogens is 3. The Hall–Kier alpha value is -1.64. The molecular formula is C24H23BrCl2N4OS. The molecule has 0 spiro atoms. The summed E-state index contributed by atoms with van der Waals surface area (Å²) in [5.74, 6) is -0.157. The number of carbonyl (C=O) groups is 1. The number of hydrazine groups is 1. The maximum Gasteiger partial charge on any atom is 0.286 e. The van der Waals surface area contributed by atoms with Crippen molar-refractivity contribution in [3.05, 3.63) is 66.0 Å². The van der Waals surface area contributed by atoms with Gasteiger partial charge in [-0.2, -0.15) is 16.4 Å². The van der Waals surface area contributed by atoms with Gasteiger partial charge in [0.1, 0.15) is 0 Å². The van der Waals surface area contributed by atoms with E-state index >= 15 is 0 Å². The minimum absolute atomic E-state index is 0.157. The second kappa shape index (κ2) is 9.92. The third-order valence-corrected chi connectivity index (χ3v) is 8.39. The zero-order chi connectivity index (χ0) is 22.9. The molecule has 1 aliphatic carbocycles. The molecule has 0 atom stereocenters. The molecule has 0 saturated carbocycles. The number of hydrogen-bond acceptors (Lipinski definition) is 4. The number of carbonyl (C=O) groups excluding carboxylic acids is 1. The van der Waals surface area contributed by atoms with E-state index in [1.54, 1.807) is 23.5 Å².